The van der Waals surface area contributed by atoms with Crippen molar-refractivity contribution in [2.75, 3.05) is 0 Å². The molecule has 0 unspecified atom stereocenters. The highest BCUT2D eigenvalue weighted by Crippen LogP contribution is 2.33. The van der Waals surface area contributed by atoms with E-state index in [4.69, 9.17) is 5.73 Å². The molecule has 4 nitrogen and oxygen atoms in total. The van der Waals surface area contributed by atoms with E-state index in [2.05, 4.69) is 4.72 Å². The molecule has 2 aliphatic rings. The van der Waals surface area contributed by atoms with Crippen LogP contribution in [-0.2, 0) is 10.0 Å². The van der Waals surface area contributed by atoms with Crippen LogP contribution in [0.5, 0.6) is 0 Å². The summed E-state index contributed by atoms with van der Waals surface area (Å²) in [4.78, 5) is 0.381. The monoisotopic (exact) mass is 336 g/mol. The first kappa shape index (κ1) is 16.9. The Kier molecular flexibility index (Phi) is 5.39. The second-order valence-electron chi connectivity index (χ2n) is 7.14. The zero-order chi connectivity index (χ0) is 16.3. The van der Waals surface area contributed by atoms with Crippen molar-refractivity contribution in [1.82, 2.24) is 4.72 Å². The molecule has 23 heavy (non-hydrogen) atoms. The van der Waals surface area contributed by atoms with Crippen LogP contribution in [0.15, 0.2) is 29.2 Å². The van der Waals surface area contributed by atoms with Gasteiger partial charge in [0.25, 0.3) is 0 Å². The summed E-state index contributed by atoms with van der Waals surface area (Å²) in [6.45, 7) is 0. The third-order valence-electron chi connectivity index (χ3n) is 5.36. The summed E-state index contributed by atoms with van der Waals surface area (Å²) in [7, 11) is -3.42. The molecule has 0 atom stereocenters. The average Bonchev–Trinajstić information content (AvgIpc) is 2.58. The summed E-state index contributed by atoms with van der Waals surface area (Å²) >= 11 is 0. The minimum atomic E-state index is -3.42. The molecule has 2 aliphatic carbocycles. The molecule has 1 aromatic carbocycles. The van der Waals surface area contributed by atoms with Gasteiger partial charge in [0.05, 0.1) is 4.90 Å². The van der Waals surface area contributed by atoms with E-state index in [-0.39, 0.29) is 12.1 Å². The molecule has 0 radical (unpaired) electrons. The Morgan fingerprint density at radius 3 is 2.09 bits per heavy atom. The van der Waals surface area contributed by atoms with Crippen LogP contribution in [0.4, 0.5) is 0 Å². The molecule has 5 heteroatoms. The first-order chi connectivity index (χ1) is 11.0. The fraction of sp³-hybridized carbons (Fsp3) is 0.667. The lowest BCUT2D eigenvalue weighted by Crippen LogP contribution is -2.40. The van der Waals surface area contributed by atoms with Gasteiger partial charge in [0.15, 0.2) is 0 Å². The largest absolute Gasteiger partial charge is 0.328 e. The SMILES string of the molecule is NC1CCC(NS(=O)(=O)c2ccc(C3CCCCC3)cc2)CC1. The van der Waals surface area contributed by atoms with Crippen molar-refractivity contribution >= 4 is 10.0 Å². The van der Waals surface area contributed by atoms with Crippen LogP contribution in [0.2, 0.25) is 0 Å². The Morgan fingerprint density at radius 2 is 1.48 bits per heavy atom. The fourth-order valence-electron chi connectivity index (χ4n) is 3.88. The molecule has 3 N–H and O–H groups in total. The first-order valence-corrected chi connectivity index (χ1v) is 10.4. The number of nitrogens with two attached hydrogens (primary N) is 1. The van der Waals surface area contributed by atoms with E-state index >= 15 is 0 Å². The number of sulfonamides is 1. The second-order valence-corrected chi connectivity index (χ2v) is 8.85. The maximum Gasteiger partial charge on any atom is 0.240 e. The van der Waals surface area contributed by atoms with Crippen molar-refractivity contribution in [3.63, 3.8) is 0 Å². The van der Waals surface area contributed by atoms with Crippen molar-refractivity contribution in [2.24, 2.45) is 5.73 Å². The van der Waals surface area contributed by atoms with E-state index in [1.54, 1.807) is 12.1 Å². The van der Waals surface area contributed by atoms with Gasteiger partial charge in [-0.05, 0) is 62.1 Å². The van der Waals surface area contributed by atoms with E-state index < -0.39 is 10.0 Å². The zero-order valence-electron chi connectivity index (χ0n) is 13.7. The van der Waals surface area contributed by atoms with Gasteiger partial charge < -0.3 is 5.73 Å². The van der Waals surface area contributed by atoms with Crippen LogP contribution in [0, 0.1) is 0 Å². The first-order valence-electron chi connectivity index (χ1n) is 8.92. The van der Waals surface area contributed by atoms with Crippen molar-refractivity contribution in [3.05, 3.63) is 29.8 Å². The van der Waals surface area contributed by atoms with Gasteiger partial charge in [0, 0.05) is 12.1 Å². The molecule has 0 aliphatic heterocycles. The Bertz CT molecular complexity index is 598. The van der Waals surface area contributed by atoms with Crippen LogP contribution in [0.1, 0.15) is 69.3 Å². The van der Waals surface area contributed by atoms with Crippen LogP contribution in [0.25, 0.3) is 0 Å². The van der Waals surface area contributed by atoms with E-state index in [1.807, 2.05) is 12.1 Å². The third kappa shape index (κ3) is 4.34. The van der Waals surface area contributed by atoms with E-state index in [1.165, 1.54) is 37.7 Å². The molecule has 1 aromatic rings. The van der Waals surface area contributed by atoms with Crippen LogP contribution < -0.4 is 10.5 Å². The van der Waals surface area contributed by atoms with Gasteiger partial charge in [0.1, 0.15) is 0 Å². The maximum absolute atomic E-state index is 12.5. The van der Waals surface area contributed by atoms with Gasteiger partial charge in [-0.2, -0.15) is 0 Å². The van der Waals surface area contributed by atoms with E-state index in [9.17, 15) is 8.42 Å². The van der Waals surface area contributed by atoms with Crippen molar-refractivity contribution < 1.29 is 8.42 Å². The van der Waals surface area contributed by atoms with Gasteiger partial charge in [-0.3, -0.25) is 0 Å². The van der Waals surface area contributed by atoms with Crippen molar-refractivity contribution in [2.45, 2.75) is 80.7 Å². The van der Waals surface area contributed by atoms with Gasteiger partial charge in [-0.15, -0.1) is 0 Å². The minimum Gasteiger partial charge on any atom is -0.328 e. The lowest BCUT2D eigenvalue weighted by molar-refractivity contribution is 0.373. The number of benzene rings is 1. The number of hydrogen-bond donors (Lipinski definition) is 2. The molecule has 0 spiro atoms. The summed E-state index contributed by atoms with van der Waals surface area (Å²) in [5.74, 6) is 0.605. The highest BCUT2D eigenvalue weighted by atomic mass is 32.2. The predicted octanol–water partition coefficient (Wildman–Crippen LogP) is 3.28. The Morgan fingerprint density at radius 1 is 0.870 bits per heavy atom. The molecule has 0 heterocycles. The average molecular weight is 337 g/mol. The molecule has 128 valence electrons. The Labute approximate surface area is 139 Å². The fourth-order valence-corrected chi connectivity index (χ4v) is 5.18. The molecule has 3 rings (SSSR count). The summed E-state index contributed by atoms with van der Waals surface area (Å²) in [6, 6.07) is 7.79. The predicted molar refractivity (Wildman–Crippen MR) is 92.8 cm³/mol. The smallest absolute Gasteiger partial charge is 0.240 e. The molecule has 0 aromatic heterocycles. The standard InChI is InChI=1S/C18H28N2O2S/c19-16-8-10-17(11-9-16)20-23(21,22)18-12-6-15(7-13-18)14-4-2-1-3-5-14/h6-7,12-14,16-17,20H,1-5,8-11,19H2. The summed E-state index contributed by atoms with van der Waals surface area (Å²) in [6.07, 6.45) is 9.83. The number of nitrogens with one attached hydrogen (secondary N) is 1. The lowest BCUT2D eigenvalue weighted by atomic mass is 9.84. The Hall–Kier alpha value is -0.910. The molecule has 2 fully saturated rings. The second kappa shape index (κ2) is 7.32. The highest BCUT2D eigenvalue weighted by Gasteiger charge is 2.24. The van der Waals surface area contributed by atoms with Crippen LogP contribution in [0.3, 0.4) is 0 Å². The van der Waals surface area contributed by atoms with Gasteiger partial charge >= 0.3 is 0 Å². The van der Waals surface area contributed by atoms with Crippen molar-refractivity contribution in [3.8, 4) is 0 Å². The molecule has 2 saturated carbocycles. The zero-order valence-corrected chi connectivity index (χ0v) is 14.5. The summed E-state index contributed by atoms with van der Waals surface area (Å²) in [5.41, 5.74) is 7.17. The van der Waals surface area contributed by atoms with Gasteiger partial charge in [-0.1, -0.05) is 31.4 Å². The topological polar surface area (TPSA) is 72.2 Å². The van der Waals surface area contributed by atoms with Crippen LogP contribution in [-0.4, -0.2) is 20.5 Å². The minimum absolute atomic E-state index is 0.0258. The van der Waals surface area contributed by atoms with Crippen LogP contribution >= 0.6 is 0 Å². The van der Waals surface area contributed by atoms with E-state index in [0.29, 0.717) is 10.8 Å². The third-order valence-corrected chi connectivity index (χ3v) is 6.90. The summed E-state index contributed by atoms with van der Waals surface area (Å²) in [5, 5.41) is 0. The number of hydrogen-bond acceptors (Lipinski definition) is 3. The maximum atomic E-state index is 12.5. The molecular formula is C18H28N2O2S. The normalized spacial score (nSPS) is 27.0. The molecule has 0 bridgehead atoms. The molecule has 0 saturated heterocycles. The Balaban J connectivity index is 1.65. The van der Waals surface area contributed by atoms with E-state index in [0.717, 1.165) is 25.7 Å². The van der Waals surface area contributed by atoms with Gasteiger partial charge in [0.2, 0.25) is 10.0 Å². The number of rotatable bonds is 4. The highest BCUT2D eigenvalue weighted by molar-refractivity contribution is 7.89. The molecule has 0 amide bonds. The lowest BCUT2D eigenvalue weighted by Gasteiger charge is -2.26. The summed E-state index contributed by atoms with van der Waals surface area (Å²) < 4.78 is 27.9. The van der Waals surface area contributed by atoms with Gasteiger partial charge in [-0.25, -0.2) is 13.1 Å². The quantitative estimate of drug-likeness (QED) is 0.886. The van der Waals surface area contributed by atoms with Crippen molar-refractivity contribution in [1.29, 1.82) is 0 Å². The molecular weight excluding hydrogens is 308 g/mol.